The standard InChI is InChI=1S/C19H20Cl2N4O2/c1-24-16(12-4-3-5-13(9-12)27-2)10-18(26)25-17(22)8-11-6-14(20)19(23)15(21)7-11/h3-7,9H,8,10,23H2,1-2H3,(H2,22,25,26)/b24-16+. The molecule has 0 saturated heterocycles. The number of carbonyl (C=O) groups excluding carboxylic acids is 1. The van der Waals surface area contributed by atoms with Crippen molar-refractivity contribution in [3.05, 3.63) is 57.6 Å². The molecule has 0 radical (unpaired) electrons. The number of anilines is 1. The fourth-order valence-electron chi connectivity index (χ4n) is 2.44. The Bertz CT molecular complexity index is 887. The minimum Gasteiger partial charge on any atom is -0.497 e. The van der Waals surface area contributed by atoms with E-state index in [2.05, 4.69) is 9.98 Å². The average Bonchev–Trinajstić information content (AvgIpc) is 2.64. The molecule has 0 saturated carbocycles. The van der Waals surface area contributed by atoms with E-state index in [-0.39, 0.29) is 18.7 Å². The second kappa shape index (κ2) is 9.39. The van der Waals surface area contributed by atoms with Crippen molar-refractivity contribution in [3.63, 3.8) is 0 Å². The van der Waals surface area contributed by atoms with Gasteiger partial charge in [-0.25, -0.2) is 4.99 Å². The first-order valence-electron chi connectivity index (χ1n) is 8.03. The number of ether oxygens (including phenoxy) is 1. The summed E-state index contributed by atoms with van der Waals surface area (Å²) >= 11 is 12.0. The molecule has 2 rings (SSSR count). The number of benzene rings is 2. The summed E-state index contributed by atoms with van der Waals surface area (Å²) in [6.45, 7) is 0. The molecule has 0 heterocycles. The van der Waals surface area contributed by atoms with E-state index in [1.165, 1.54) is 0 Å². The first-order chi connectivity index (χ1) is 12.8. The largest absolute Gasteiger partial charge is 0.497 e. The van der Waals surface area contributed by atoms with Gasteiger partial charge in [0.15, 0.2) is 0 Å². The van der Waals surface area contributed by atoms with Crippen LogP contribution in [0, 0.1) is 0 Å². The third-order valence-electron chi connectivity index (χ3n) is 3.78. The summed E-state index contributed by atoms with van der Waals surface area (Å²) in [7, 11) is 3.20. The molecular weight excluding hydrogens is 387 g/mol. The maximum atomic E-state index is 12.3. The van der Waals surface area contributed by atoms with Crippen molar-refractivity contribution in [2.24, 2.45) is 15.7 Å². The molecule has 6 nitrogen and oxygen atoms in total. The molecule has 2 aromatic carbocycles. The molecule has 2 aromatic rings. The highest BCUT2D eigenvalue weighted by atomic mass is 35.5. The number of hydrogen-bond acceptors (Lipinski definition) is 4. The number of rotatable bonds is 6. The van der Waals surface area contributed by atoms with Crippen LogP contribution in [0.5, 0.6) is 5.75 Å². The van der Waals surface area contributed by atoms with E-state index in [0.29, 0.717) is 32.8 Å². The fraction of sp³-hybridized carbons (Fsp3) is 0.211. The molecule has 0 aromatic heterocycles. The summed E-state index contributed by atoms with van der Waals surface area (Å²) in [5.74, 6) is 0.433. The lowest BCUT2D eigenvalue weighted by Gasteiger charge is -2.08. The Morgan fingerprint density at radius 1 is 1.19 bits per heavy atom. The van der Waals surface area contributed by atoms with Crippen LogP contribution in [0.1, 0.15) is 17.5 Å². The van der Waals surface area contributed by atoms with E-state index >= 15 is 0 Å². The highest BCUT2D eigenvalue weighted by Gasteiger charge is 2.11. The summed E-state index contributed by atoms with van der Waals surface area (Å²) in [4.78, 5) is 20.4. The van der Waals surface area contributed by atoms with Crippen molar-refractivity contribution < 1.29 is 9.53 Å². The highest BCUT2D eigenvalue weighted by molar-refractivity contribution is 6.39. The van der Waals surface area contributed by atoms with Gasteiger partial charge in [-0.2, -0.15) is 0 Å². The second-order valence-electron chi connectivity index (χ2n) is 5.73. The van der Waals surface area contributed by atoms with Gasteiger partial charge in [0.25, 0.3) is 5.91 Å². The molecule has 0 aliphatic rings. The summed E-state index contributed by atoms with van der Waals surface area (Å²) in [5, 5.41) is 0.658. The van der Waals surface area contributed by atoms with E-state index in [1.54, 1.807) is 32.4 Å². The third-order valence-corrected chi connectivity index (χ3v) is 4.41. The lowest BCUT2D eigenvalue weighted by Crippen LogP contribution is -2.18. The molecule has 0 aliphatic carbocycles. The monoisotopic (exact) mass is 406 g/mol. The topological polar surface area (TPSA) is 103 Å². The van der Waals surface area contributed by atoms with Gasteiger partial charge in [-0.3, -0.25) is 9.79 Å². The first kappa shape index (κ1) is 20.7. The van der Waals surface area contributed by atoms with E-state index in [1.807, 2.05) is 18.2 Å². The molecule has 0 atom stereocenters. The van der Waals surface area contributed by atoms with Gasteiger partial charge in [0, 0.05) is 13.5 Å². The Morgan fingerprint density at radius 3 is 2.44 bits per heavy atom. The number of nitrogens with two attached hydrogens (primary N) is 2. The number of amides is 1. The summed E-state index contributed by atoms with van der Waals surface area (Å²) in [6, 6.07) is 10.6. The van der Waals surface area contributed by atoms with Crippen LogP contribution in [0.25, 0.3) is 0 Å². The third kappa shape index (κ3) is 5.70. The average molecular weight is 407 g/mol. The maximum Gasteiger partial charge on any atom is 0.253 e. The highest BCUT2D eigenvalue weighted by Crippen LogP contribution is 2.29. The summed E-state index contributed by atoms with van der Waals surface area (Å²) < 4.78 is 5.20. The lowest BCUT2D eigenvalue weighted by molar-refractivity contribution is -0.116. The van der Waals surface area contributed by atoms with Gasteiger partial charge in [0.2, 0.25) is 0 Å². The van der Waals surface area contributed by atoms with Crippen LogP contribution in [-0.4, -0.2) is 31.6 Å². The number of amidine groups is 1. The van der Waals surface area contributed by atoms with Gasteiger partial charge >= 0.3 is 0 Å². The minimum atomic E-state index is -0.399. The molecule has 0 spiro atoms. The van der Waals surface area contributed by atoms with E-state index in [9.17, 15) is 4.79 Å². The molecule has 0 fully saturated rings. The van der Waals surface area contributed by atoms with Crippen LogP contribution in [0.15, 0.2) is 46.4 Å². The van der Waals surface area contributed by atoms with Gasteiger partial charge in [0.1, 0.15) is 11.6 Å². The van der Waals surface area contributed by atoms with Crippen LogP contribution in [0.3, 0.4) is 0 Å². The SMILES string of the molecule is C/N=C(\CC(=O)/N=C(\N)Cc1cc(Cl)c(N)c(Cl)c1)c1cccc(OC)c1. The number of nitrogens with zero attached hydrogens (tertiary/aromatic N) is 2. The van der Waals surface area contributed by atoms with Crippen LogP contribution >= 0.6 is 23.2 Å². The zero-order valence-electron chi connectivity index (χ0n) is 15.0. The maximum absolute atomic E-state index is 12.3. The van der Waals surface area contributed by atoms with Gasteiger partial charge in [-0.15, -0.1) is 0 Å². The van der Waals surface area contributed by atoms with Crippen molar-refractivity contribution in [2.45, 2.75) is 12.8 Å². The number of methoxy groups -OCH3 is 1. The molecule has 27 heavy (non-hydrogen) atoms. The van der Waals surface area contributed by atoms with Crippen LogP contribution in [0.2, 0.25) is 10.0 Å². The molecule has 142 valence electrons. The number of halogens is 2. The Kier molecular flexibility index (Phi) is 7.21. The number of hydrogen-bond donors (Lipinski definition) is 2. The van der Waals surface area contributed by atoms with E-state index < -0.39 is 5.91 Å². The molecule has 8 heteroatoms. The molecular formula is C19H20Cl2N4O2. The van der Waals surface area contributed by atoms with Crippen molar-refractivity contribution in [1.29, 1.82) is 0 Å². The van der Waals surface area contributed by atoms with Gasteiger partial charge in [-0.05, 0) is 35.4 Å². The predicted octanol–water partition coefficient (Wildman–Crippen LogP) is 3.52. The minimum absolute atomic E-state index is 0.0214. The van der Waals surface area contributed by atoms with Crippen LogP contribution in [-0.2, 0) is 11.2 Å². The Hall–Kier alpha value is -2.57. The normalized spacial score (nSPS) is 12.1. The zero-order chi connectivity index (χ0) is 20.0. The second-order valence-corrected chi connectivity index (χ2v) is 6.54. The number of nitrogen functional groups attached to an aromatic ring is 1. The van der Waals surface area contributed by atoms with Crippen molar-refractivity contribution in [3.8, 4) is 5.75 Å². The predicted molar refractivity (Wildman–Crippen MR) is 111 cm³/mol. The van der Waals surface area contributed by atoms with E-state index in [0.717, 1.165) is 5.56 Å². The lowest BCUT2D eigenvalue weighted by atomic mass is 10.1. The van der Waals surface area contributed by atoms with Gasteiger partial charge in [0.05, 0.1) is 35.0 Å². The summed E-state index contributed by atoms with van der Waals surface area (Å²) in [6.07, 6.45) is 0.247. The molecule has 4 N–H and O–H groups in total. The van der Waals surface area contributed by atoms with E-state index in [4.69, 9.17) is 39.4 Å². The van der Waals surface area contributed by atoms with Gasteiger partial charge in [-0.1, -0.05) is 35.3 Å². The smallest absolute Gasteiger partial charge is 0.253 e. The number of carbonyl (C=O) groups is 1. The van der Waals surface area contributed by atoms with Crippen LogP contribution in [0.4, 0.5) is 5.69 Å². The van der Waals surface area contributed by atoms with Crippen molar-refractivity contribution in [1.82, 2.24) is 0 Å². The fourth-order valence-corrected chi connectivity index (χ4v) is 2.98. The zero-order valence-corrected chi connectivity index (χ0v) is 16.5. The number of aliphatic imine (C=N–C) groups is 2. The molecule has 0 unspecified atom stereocenters. The quantitative estimate of drug-likeness (QED) is 0.434. The Labute approximate surface area is 167 Å². The van der Waals surface area contributed by atoms with Gasteiger partial charge < -0.3 is 16.2 Å². The van der Waals surface area contributed by atoms with Crippen LogP contribution < -0.4 is 16.2 Å². The Balaban J connectivity index is 2.10. The molecule has 0 aliphatic heterocycles. The molecule has 0 bridgehead atoms. The first-order valence-corrected chi connectivity index (χ1v) is 8.79. The van der Waals surface area contributed by atoms with Crippen molar-refractivity contribution in [2.75, 3.05) is 19.9 Å². The summed E-state index contributed by atoms with van der Waals surface area (Å²) in [5.41, 5.74) is 14.0. The Morgan fingerprint density at radius 2 is 1.85 bits per heavy atom. The molecule has 1 amide bonds. The van der Waals surface area contributed by atoms with Crippen molar-refractivity contribution >= 4 is 46.3 Å².